The summed E-state index contributed by atoms with van der Waals surface area (Å²) in [5, 5.41) is 5.29. The minimum Gasteiger partial charge on any atom is -0.477 e. The van der Waals surface area contributed by atoms with Crippen molar-refractivity contribution in [2.45, 2.75) is 19.9 Å². The highest BCUT2D eigenvalue weighted by molar-refractivity contribution is 5.86. The van der Waals surface area contributed by atoms with Crippen LogP contribution >= 0.6 is 0 Å². The van der Waals surface area contributed by atoms with Gasteiger partial charge in [0.15, 0.2) is 11.4 Å². The number of hydrogen-bond acceptors (Lipinski definition) is 7. The Kier molecular flexibility index (Phi) is 4.18. The molecule has 0 aliphatic heterocycles. The summed E-state index contributed by atoms with van der Waals surface area (Å²) in [6.45, 7) is 4.71. The Morgan fingerprint density at radius 1 is 1.23 bits per heavy atom. The van der Waals surface area contributed by atoms with Crippen molar-refractivity contribution in [1.82, 2.24) is 19.6 Å². The number of rotatable bonds is 6. The number of nitrogens with zero attached hydrogens (tertiary/aromatic N) is 4. The fourth-order valence-corrected chi connectivity index (χ4v) is 2.63. The summed E-state index contributed by atoms with van der Waals surface area (Å²) in [5.74, 6) is 1.64. The van der Waals surface area contributed by atoms with Crippen LogP contribution in [0.2, 0.25) is 0 Å². The molecule has 0 amide bonds. The first-order chi connectivity index (χ1) is 12.7. The van der Waals surface area contributed by atoms with Crippen LogP contribution in [0.3, 0.4) is 0 Å². The lowest BCUT2D eigenvalue weighted by Crippen LogP contribution is -2.24. The third-order valence-corrected chi connectivity index (χ3v) is 3.77. The quantitative estimate of drug-likeness (QED) is 0.568. The van der Waals surface area contributed by atoms with Crippen LogP contribution in [0.1, 0.15) is 13.8 Å². The number of fused-ring (bicyclic) bond motifs is 2. The van der Waals surface area contributed by atoms with Gasteiger partial charge in [0.2, 0.25) is 11.8 Å². The van der Waals surface area contributed by atoms with Gasteiger partial charge in [0.1, 0.15) is 17.9 Å². The Bertz CT molecular complexity index is 1050. The summed E-state index contributed by atoms with van der Waals surface area (Å²) in [6.07, 6.45) is 3.37. The first-order valence-electron chi connectivity index (χ1n) is 8.40. The van der Waals surface area contributed by atoms with Gasteiger partial charge < -0.3 is 19.6 Å². The summed E-state index contributed by atoms with van der Waals surface area (Å²) < 4.78 is 18.8. The van der Waals surface area contributed by atoms with Crippen LogP contribution in [-0.4, -0.2) is 38.8 Å². The number of ether oxygens (including phenoxy) is 2. The molecular formula is C18H19N5O3. The molecule has 0 radical (unpaired) electrons. The molecule has 1 atom stereocenters. The average Bonchev–Trinajstić information content (AvgIpc) is 3.24. The fraction of sp³-hybridized carbons (Fsp3) is 0.278. The molecule has 0 spiro atoms. The van der Waals surface area contributed by atoms with E-state index >= 15 is 0 Å². The zero-order valence-electron chi connectivity index (χ0n) is 14.5. The van der Waals surface area contributed by atoms with Crippen molar-refractivity contribution in [3.63, 3.8) is 0 Å². The zero-order chi connectivity index (χ0) is 18.1. The Morgan fingerprint density at radius 3 is 2.92 bits per heavy atom. The molecular weight excluding hydrogens is 334 g/mol. The van der Waals surface area contributed by atoms with Crippen molar-refractivity contribution in [3.05, 3.63) is 36.7 Å². The normalized spacial score (nSPS) is 12.6. The van der Waals surface area contributed by atoms with Crippen LogP contribution in [0, 0.1) is 0 Å². The van der Waals surface area contributed by atoms with E-state index < -0.39 is 0 Å². The van der Waals surface area contributed by atoms with Gasteiger partial charge in [0.25, 0.3) is 0 Å². The molecule has 0 saturated heterocycles. The molecule has 4 rings (SSSR count). The van der Waals surface area contributed by atoms with Crippen molar-refractivity contribution < 1.29 is 13.9 Å². The predicted octanol–water partition coefficient (Wildman–Crippen LogP) is 2.66. The zero-order valence-corrected chi connectivity index (χ0v) is 14.5. The second-order valence-electron chi connectivity index (χ2n) is 5.94. The van der Waals surface area contributed by atoms with E-state index in [9.17, 15) is 0 Å². The summed E-state index contributed by atoms with van der Waals surface area (Å²) in [7, 11) is 0. The maximum atomic E-state index is 5.96. The van der Waals surface area contributed by atoms with Crippen molar-refractivity contribution in [2.24, 2.45) is 5.73 Å². The molecule has 0 fully saturated rings. The minimum absolute atomic E-state index is 0.0744. The van der Waals surface area contributed by atoms with Gasteiger partial charge in [-0.3, -0.25) is 0 Å². The van der Waals surface area contributed by atoms with Crippen LogP contribution in [0.4, 0.5) is 0 Å². The van der Waals surface area contributed by atoms with Crippen molar-refractivity contribution in [3.8, 4) is 23.2 Å². The molecule has 8 heteroatoms. The Hall–Kier alpha value is -3.13. The van der Waals surface area contributed by atoms with E-state index in [1.54, 1.807) is 29.0 Å². The fourth-order valence-electron chi connectivity index (χ4n) is 2.63. The van der Waals surface area contributed by atoms with Gasteiger partial charge in [0.05, 0.1) is 18.2 Å². The van der Waals surface area contributed by atoms with Crippen LogP contribution in [0.5, 0.6) is 11.8 Å². The smallest absolute Gasteiger partial charge is 0.231 e. The van der Waals surface area contributed by atoms with E-state index in [0.717, 1.165) is 5.39 Å². The van der Waals surface area contributed by atoms with Gasteiger partial charge in [-0.05, 0) is 26.0 Å². The third-order valence-electron chi connectivity index (χ3n) is 3.77. The maximum Gasteiger partial charge on any atom is 0.231 e. The molecule has 0 unspecified atom stereocenters. The molecule has 2 N–H and O–H groups in total. The van der Waals surface area contributed by atoms with Gasteiger partial charge in [-0.2, -0.15) is 0 Å². The van der Waals surface area contributed by atoms with Crippen molar-refractivity contribution in [1.29, 1.82) is 0 Å². The van der Waals surface area contributed by atoms with E-state index in [-0.39, 0.29) is 6.04 Å². The highest BCUT2D eigenvalue weighted by Crippen LogP contribution is 2.32. The van der Waals surface area contributed by atoms with E-state index in [1.807, 2.05) is 26.0 Å². The number of imidazole rings is 1. The lowest BCUT2D eigenvalue weighted by Gasteiger charge is -2.08. The molecule has 8 nitrogen and oxygen atoms in total. The highest BCUT2D eigenvalue weighted by atomic mass is 16.5. The topological polar surface area (TPSA) is 101 Å². The predicted molar refractivity (Wildman–Crippen MR) is 96.3 cm³/mol. The Labute approximate surface area is 149 Å². The molecule has 0 saturated carbocycles. The van der Waals surface area contributed by atoms with Crippen molar-refractivity contribution in [2.75, 3.05) is 13.2 Å². The average molecular weight is 353 g/mol. The monoisotopic (exact) mass is 353 g/mol. The molecule has 0 aliphatic carbocycles. The number of hydrogen-bond donors (Lipinski definition) is 1. The van der Waals surface area contributed by atoms with Crippen LogP contribution in [0.25, 0.3) is 28.1 Å². The molecule has 4 aromatic heterocycles. The number of nitrogens with two attached hydrogens (primary N) is 1. The summed E-state index contributed by atoms with van der Waals surface area (Å²) in [4.78, 5) is 8.63. The van der Waals surface area contributed by atoms with Gasteiger partial charge in [-0.15, -0.1) is 5.10 Å². The first-order valence-corrected chi connectivity index (χ1v) is 8.40. The van der Waals surface area contributed by atoms with E-state index in [4.69, 9.17) is 19.6 Å². The molecule has 4 heterocycles. The Morgan fingerprint density at radius 2 is 2.12 bits per heavy atom. The highest BCUT2D eigenvalue weighted by Gasteiger charge is 2.16. The molecule has 4 aromatic rings. The first kappa shape index (κ1) is 16.3. The number of pyridine rings is 1. The van der Waals surface area contributed by atoms with Crippen LogP contribution in [0.15, 0.2) is 41.1 Å². The molecule has 26 heavy (non-hydrogen) atoms. The van der Waals surface area contributed by atoms with E-state index in [2.05, 4.69) is 15.1 Å². The van der Waals surface area contributed by atoms with Gasteiger partial charge in [0, 0.05) is 24.4 Å². The summed E-state index contributed by atoms with van der Waals surface area (Å²) in [6, 6.07) is 7.21. The molecule has 0 bridgehead atoms. The molecule has 0 aliphatic rings. The molecule has 0 aromatic carbocycles. The lowest BCUT2D eigenvalue weighted by atomic mass is 10.3. The van der Waals surface area contributed by atoms with Crippen LogP contribution < -0.4 is 15.2 Å². The van der Waals surface area contributed by atoms with Crippen molar-refractivity contribution >= 4 is 16.6 Å². The van der Waals surface area contributed by atoms with Gasteiger partial charge in [-0.1, -0.05) is 0 Å². The SMILES string of the molecule is CCOc1nccc2oc(-c3cnc4ccc(OC[C@H](C)N)nn34)cc12. The third kappa shape index (κ3) is 2.95. The number of furan rings is 1. The van der Waals surface area contributed by atoms with Gasteiger partial charge >= 0.3 is 0 Å². The largest absolute Gasteiger partial charge is 0.477 e. The summed E-state index contributed by atoms with van der Waals surface area (Å²) >= 11 is 0. The molecule has 134 valence electrons. The minimum atomic E-state index is -0.0744. The van der Waals surface area contributed by atoms with Crippen LogP contribution in [-0.2, 0) is 0 Å². The van der Waals surface area contributed by atoms with Gasteiger partial charge in [-0.25, -0.2) is 14.5 Å². The number of aromatic nitrogens is 4. The standard InChI is InChI=1S/C18H19N5O3/c1-3-24-18-12-8-15(26-14(12)6-7-20-18)13-9-21-16-4-5-17(22-23(13)16)25-10-11(2)19/h4-9,11H,3,10,19H2,1-2H3/t11-/m0/s1. The second-order valence-corrected chi connectivity index (χ2v) is 5.94. The van der Waals surface area contributed by atoms with E-state index in [1.165, 1.54) is 0 Å². The van der Waals surface area contributed by atoms with E-state index in [0.29, 0.717) is 47.7 Å². The maximum absolute atomic E-state index is 5.96. The Balaban J connectivity index is 1.77. The second kappa shape index (κ2) is 6.64. The summed E-state index contributed by atoms with van der Waals surface area (Å²) in [5.41, 5.74) is 7.83. The lowest BCUT2D eigenvalue weighted by molar-refractivity contribution is 0.281.